The highest BCUT2D eigenvalue weighted by molar-refractivity contribution is 5.86. The Kier molecular flexibility index (Phi) is 4.72. The molecular formula is C12H20NO4+. The van der Waals surface area contributed by atoms with E-state index in [0.29, 0.717) is 29.9 Å². The third-order valence-electron chi connectivity index (χ3n) is 2.43. The standard InChI is InChI=1S/C12H20NO4/c1-4-16-12(15)11-6-5-10(17-11)9-13(2,3)7-8-14/h5-6,14H,4,7-9H2,1-3H3/q+1. The molecule has 5 heteroatoms. The number of carbonyl (C=O) groups excluding carboxylic acids is 1. The van der Waals surface area contributed by atoms with Crippen LogP contribution >= 0.6 is 0 Å². The Morgan fingerprint density at radius 1 is 1.47 bits per heavy atom. The van der Waals surface area contributed by atoms with E-state index in [9.17, 15) is 4.79 Å². The molecule has 0 saturated carbocycles. The number of aliphatic hydroxyl groups excluding tert-OH is 1. The largest absolute Gasteiger partial charge is 0.460 e. The molecule has 0 fully saturated rings. The van der Waals surface area contributed by atoms with Crippen LogP contribution in [0, 0.1) is 0 Å². The van der Waals surface area contributed by atoms with E-state index in [1.165, 1.54) is 0 Å². The third-order valence-corrected chi connectivity index (χ3v) is 2.43. The van der Waals surface area contributed by atoms with Gasteiger partial charge in [0.1, 0.15) is 13.1 Å². The molecule has 0 saturated heterocycles. The summed E-state index contributed by atoms with van der Waals surface area (Å²) in [7, 11) is 3.98. The lowest BCUT2D eigenvalue weighted by Gasteiger charge is -2.27. The summed E-state index contributed by atoms with van der Waals surface area (Å²) in [6.07, 6.45) is 0. The number of esters is 1. The molecule has 0 radical (unpaired) electrons. The van der Waals surface area contributed by atoms with Gasteiger partial charge in [-0.3, -0.25) is 0 Å². The van der Waals surface area contributed by atoms with E-state index in [2.05, 4.69) is 0 Å². The topological polar surface area (TPSA) is 59.7 Å². The quantitative estimate of drug-likeness (QED) is 0.598. The first-order valence-corrected chi connectivity index (χ1v) is 5.67. The molecule has 0 spiro atoms. The van der Waals surface area contributed by atoms with Gasteiger partial charge >= 0.3 is 5.97 Å². The van der Waals surface area contributed by atoms with Crippen molar-refractivity contribution < 1.29 is 23.5 Å². The fourth-order valence-electron chi connectivity index (χ4n) is 1.55. The van der Waals surface area contributed by atoms with Crippen LogP contribution in [0.3, 0.4) is 0 Å². The molecule has 1 N–H and O–H groups in total. The maximum Gasteiger partial charge on any atom is 0.374 e. The summed E-state index contributed by atoms with van der Waals surface area (Å²) in [4.78, 5) is 11.4. The molecule has 96 valence electrons. The second kappa shape index (κ2) is 5.84. The second-order valence-electron chi connectivity index (χ2n) is 4.53. The molecular weight excluding hydrogens is 222 g/mol. The number of rotatable bonds is 6. The molecule has 1 aromatic rings. The van der Waals surface area contributed by atoms with Gasteiger partial charge in [0, 0.05) is 0 Å². The van der Waals surface area contributed by atoms with Gasteiger partial charge in [-0.1, -0.05) is 0 Å². The number of carbonyl (C=O) groups is 1. The smallest absolute Gasteiger partial charge is 0.374 e. The Bertz CT molecular complexity index is 370. The van der Waals surface area contributed by atoms with Crippen molar-refractivity contribution in [2.45, 2.75) is 13.5 Å². The van der Waals surface area contributed by atoms with Crippen LogP contribution in [0.1, 0.15) is 23.2 Å². The summed E-state index contributed by atoms with van der Waals surface area (Å²) in [6, 6.07) is 3.38. The molecule has 0 aromatic carbocycles. The number of nitrogens with zero attached hydrogens (tertiary/aromatic N) is 1. The Balaban J connectivity index is 2.65. The van der Waals surface area contributed by atoms with Gasteiger partial charge in [-0.2, -0.15) is 0 Å². The number of hydrogen-bond acceptors (Lipinski definition) is 4. The maximum atomic E-state index is 11.4. The molecule has 0 atom stereocenters. The van der Waals surface area contributed by atoms with Gasteiger partial charge < -0.3 is 18.7 Å². The molecule has 5 nitrogen and oxygen atoms in total. The van der Waals surface area contributed by atoms with Crippen LogP contribution in [-0.4, -0.2) is 49.4 Å². The van der Waals surface area contributed by atoms with Crippen molar-refractivity contribution in [3.05, 3.63) is 23.7 Å². The number of quaternary nitrogens is 1. The first-order valence-electron chi connectivity index (χ1n) is 5.67. The lowest BCUT2D eigenvalue weighted by molar-refractivity contribution is -0.904. The zero-order valence-corrected chi connectivity index (χ0v) is 10.6. The van der Waals surface area contributed by atoms with Gasteiger partial charge in [-0.15, -0.1) is 0 Å². The Hall–Kier alpha value is -1.33. The maximum absolute atomic E-state index is 11.4. The number of aliphatic hydroxyl groups is 1. The average Bonchev–Trinajstić information content (AvgIpc) is 2.65. The number of ether oxygens (including phenoxy) is 1. The summed E-state index contributed by atoms with van der Waals surface area (Å²) in [5.74, 6) is 0.503. The number of likely N-dealkylation sites (N-methyl/N-ethyl adjacent to an activating group) is 1. The van der Waals surface area contributed by atoms with Crippen LogP contribution in [0.15, 0.2) is 16.5 Å². The van der Waals surface area contributed by atoms with Crippen LogP contribution in [0.25, 0.3) is 0 Å². The minimum atomic E-state index is -0.439. The Morgan fingerprint density at radius 3 is 2.76 bits per heavy atom. The summed E-state index contributed by atoms with van der Waals surface area (Å²) < 4.78 is 10.9. The van der Waals surface area contributed by atoms with E-state index < -0.39 is 5.97 Å². The van der Waals surface area contributed by atoms with Crippen molar-refractivity contribution in [3.63, 3.8) is 0 Å². The van der Waals surface area contributed by atoms with E-state index in [1.54, 1.807) is 19.1 Å². The van der Waals surface area contributed by atoms with Crippen LogP contribution in [-0.2, 0) is 11.3 Å². The second-order valence-corrected chi connectivity index (χ2v) is 4.53. The predicted octanol–water partition coefficient (Wildman–Crippen LogP) is 1.02. The lowest BCUT2D eigenvalue weighted by Crippen LogP contribution is -2.40. The molecule has 0 amide bonds. The van der Waals surface area contributed by atoms with Crippen LogP contribution < -0.4 is 0 Å². The summed E-state index contributed by atoms with van der Waals surface area (Å²) >= 11 is 0. The SMILES string of the molecule is CCOC(=O)c1ccc(C[N+](C)(C)CCO)o1. The fraction of sp³-hybridized carbons (Fsp3) is 0.583. The molecule has 0 bridgehead atoms. The lowest BCUT2D eigenvalue weighted by atomic mass is 10.3. The Morgan fingerprint density at radius 2 is 2.18 bits per heavy atom. The first-order chi connectivity index (χ1) is 7.98. The molecule has 0 aliphatic heterocycles. The first kappa shape index (κ1) is 13.7. The molecule has 0 aliphatic rings. The van der Waals surface area contributed by atoms with Crippen LogP contribution in [0.2, 0.25) is 0 Å². The minimum absolute atomic E-state index is 0.123. The average molecular weight is 242 g/mol. The summed E-state index contributed by atoms with van der Waals surface area (Å²) in [6.45, 7) is 3.47. The normalized spacial score (nSPS) is 11.5. The van der Waals surface area contributed by atoms with Gasteiger partial charge in [-0.05, 0) is 19.1 Å². The molecule has 1 aromatic heterocycles. The molecule has 0 aliphatic carbocycles. The van der Waals surface area contributed by atoms with Gasteiger partial charge in [0.25, 0.3) is 0 Å². The van der Waals surface area contributed by atoms with Crippen molar-refractivity contribution in [2.75, 3.05) is 33.9 Å². The summed E-state index contributed by atoms with van der Waals surface area (Å²) in [5.41, 5.74) is 0. The molecule has 0 unspecified atom stereocenters. The van der Waals surface area contributed by atoms with Crippen molar-refractivity contribution in [2.24, 2.45) is 0 Å². The van der Waals surface area contributed by atoms with Crippen molar-refractivity contribution in [3.8, 4) is 0 Å². The minimum Gasteiger partial charge on any atom is -0.460 e. The van der Waals surface area contributed by atoms with E-state index >= 15 is 0 Å². The zero-order valence-electron chi connectivity index (χ0n) is 10.6. The monoisotopic (exact) mass is 242 g/mol. The highest BCUT2D eigenvalue weighted by Crippen LogP contribution is 2.14. The van der Waals surface area contributed by atoms with Crippen molar-refractivity contribution >= 4 is 5.97 Å². The fourth-order valence-corrected chi connectivity index (χ4v) is 1.55. The van der Waals surface area contributed by atoms with Gasteiger partial charge in [0.2, 0.25) is 5.76 Å². The van der Waals surface area contributed by atoms with Gasteiger partial charge in [-0.25, -0.2) is 4.79 Å². The van der Waals surface area contributed by atoms with E-state index in [1.807, 2.05) is 14.1 Å². The van der Waals surface area contributed by atoms with Crippen LogP contribution in [0.4, 0.5) is 0 Å². The highest BCUT2D eigenvalue weighted by atomic mass is 16.5. The van der Waals surface area contributed by atoms with Crippen molar-refractivity contribution in [1.29, 1.82) is 0 Å². The van der Waals surface area contributed by atoms with E-state index in [4.69, 9.17) is 14.3 Å². The van der Waals surface area contributed by atoms with E-state index in [0.717, 1.165) is 0 Å². The van der Waals surface area contributed by atoms with Crippen molar-refractivity contribution in [1.82, 2.24) is 0 Å². The molecule has 17 heavy (non-hydrogen) atoms. The van der Waals surface area contributed by atoms with Gasteiger partial charge in [0.05, 0.1) is 27.3 Å². The predicted molar refractivity (Wildman–Crippen MR) is 62.4 cm³/mol. The Labute approximate surface area is 101 Å². The number of hydrogen-bond donors (Lipinski definition) is 1. The third kappa shape index (κ3) is 4.20. The zero-order chi connectivity index (χ0) is 12.9. The van der Waals surface area contributed by atoms with E-state index in [-0.39, 0.29) is 12.4 Å². The summed E-state index contributed by atoms with van der Waals surface area (Å²) in [5, 5.41) is 8.92. The highest BCUT2D eigenvalue weighted by Gasteiger charge is 2.19. The molecule has 1 heterocycles. The van der Waals surface area contributed by atoms with Gasteiger partial charge in [0.15, 0.2) is 5.76 Å². The number of furan rings is 1. The van der Waals surface area contributed by atoms with Crippen LogP contribution in [0.5, 0.6) is 0 Å². The molecule has 1 rings (SSSR count).